The molecule has 0 amide bonds. The Balaban J connectivity index is 2.34. The Morgan fingerprint density at radius 2 is 1.86 bits per heavy atom. The molecule has 0 bridgehead atoms. The SMILES string of the molecule is Cc1ccc(NS(=O)(=O)c2cccc(C(F)(F)F)c2)cn1. The van der Waals surface area contributed by atoms with Gasteiger partial charge in [-0.2, -0.15) is 13.2 Å². The van der Waals surface area contributed by atoms with Crippen molar-refractivity contribution < 1.29 is 21.6 Å². The van der Waals surface area contributed by atoms with Crippen molar-refractivity contribution in [3.8, 4) is 0 Å². The van der Waals surface area contributed by atoms with E-state index in [2.05, 4.69) is 9.71 Å². The van der Waals surface area contributed by atoms with Gasteiger partial charge in [0.1, 0.15) is 0 Å². The number of hydrogen-bond acceptors (Lipinski definition) is 3. The van der Waals surface area contributed by atoms with E-state index in [9.17, 15) is 21.6 Å². The van der Waals surface area contributed by atoms with Crippen molar-refractivity contribution >= 4 is 15.7 Å². The second-order valence-electron chi connectivity index (χ2n) is 4.32. The van der Waals surface area contributed by atoms with Gasteiger partial charge in [-0.25, -0.2) is 8.42 Å². The standard InChI is InChI=1S/C13H11F3N2O2S/c1-9-5-6-11(8-17-9)18-21(19,20)12-4-2-3-10(7-12)13(14,15)16/h2-8,18H,1H3. The van der Waals surface area contributed by atoms with Crippen molar-refractivity contribution in [2.75, 3.05) is 4.72 Å². The zero-order valence-corrected chi connectivity index (χ0v) is 11.7. The van der Waals surface area contributed by atoms with Crippen LogP contribution in [0.3, 0.4) is 0 Å². The molecule has 1 heterocycles. The molecule has 1 N–H and O–H groups in total. The van der Waals surface area contributed by atoms with Crippen LogP contribution in [-0.2, 0) is 16.2 Å². The number of nitrogens with one attached hydrogen (secondary N) is 1. The predicted molar refractivity (Wildman–Crippen MR) is 71.2 cm³/mol. The highest BCUT2D eigenvalue weighted by atomic mass is 32.2. The van der Waals surface area contributed by atoms with E-state index in [4.69, 9.17) is 0 Å². The van der Waals surface area contributed by atoms with Gasteiger partial charge in [-0.15, -0.1) is 0 Å². The Morgan fingerprint density at radius 3 is 2.43 bits per heavy atom. The zero-order valence-electron chi connectivity index (χ0n) is 10.8. The molecular weight excluding hydrogens is 305 g/mol. The third-order valence-corrected chi connectivity index (χ3v) is 4.01. The second-order valence-corrected chi connectivity index (χ2v) is 6.00. The molecule has 0 aliphatic carbocycles. The molecule has 1 aromatic carbocycles. The fourth-order valence-corrected chi connectivity index (χ4v) is 2.67. The highest BCUT2D eigenvalue weighted by molar-refractivity contribution is 7.92. The van der Waals surface area contributed by atoms with E-state index in [0.717, 1.165) is 18.2 Å². The quantitative estimate of drug-likeness (QED) is 0.946. The molecule has 21 heavy (non-hydrogen) atoms. The van der Waals surface area contributed by atoms with E-state index in [1.807, 2.05) is 0 Å². The average molecular weight is 316 g/mol. The summed E-state index contributed by atoms with van der Waals surface area (Å²) in [6.45, 7) is 1.73. The molecule has 0 spiro atoms. The first-order valence-electron chi connectivity index (χ1n) is 5.81. The third-order valence-electron chi connectivity index (χ3n) is 2.64. The smallest absolute Gasteiger partial charge is 0.278 e. The minimum atomic E-state index is -4.60. The van der Waals surface area contributed by atoms with E-state index < -0.39 is 26.7 Å². The maximum Gasteiger partial charge on any atom is 0.416 e. The van der Waals surface area contributed by atoms with E-state index in [-0.39, 0.29) is 5.69 Å². The summed E-state index contributed by atoms with van der Waals surface area (Å²) in [6.07, 6.45) is -3.31. The van der Waals surface area contributed by atoms with Gasteiger partial charge in [0.25, 0.3) is 10.0 Å². The molecule has 8 heteroatoms. The normalized spacial score (nSPS) is 12.2. The molecule has 2 rings (SSSR count). The van der Waals surface area contributed by atoms with Gasteiger partial charge in [-0.05, 0) is 37.3 Å². The monoisotopic (exact) mass is 316 g/mol. The molecule has 0 saturated heterocycles. The van der Waals surface area contributed by atoms with E-state index in [0.29, 0.717) is 11.8 Å². The van der Waals surface area contributed by atoms with Crippen LogP contribution in [0, 0.1) is 6.92 Å². The molecule has 4 nitrogen and oxygen atoms in total. The largest absolute Gasteiger partial charge is 0.416 e. The molecule has 112 valence electrons. The Bertz CT molecular complexity index is 741. The van der Waals surface area contributed by atoms with Gasteiger partial charge in [-0.1, -0.05) is 6.07 Å². The molecule has 0 aliphatic heterocycles. The summed E-state index contributed by atoms with van der Waals surface area (Å²) in [5, 5.41) is 0. The van der Waals surface area contributed by atoms with E-state index in [1.165, 1.54) is 12.3 Å². The fraction of sp³-hybridized carbons (Fsp3) is 0.154. The van der Waals surface area contributed by atoms with Crippen LogP contribution < -0.4 is 4.72 Å². The summed E-state index contributed by atoms with van der Waals surface area (Å²) in [5.41, 5.74) is -0.151. The number of anilines is 1. The number of nitrogens with zero attached hydrogens (tertiary/aromatic N) is 1. The highest BCUT2D eigenvalue weighted by Gasteiger charge is 2.31. The van der Waals surface area contributed by atoms with Gasteiger partial charge >= 0.3 is 6.18 Å². The van der Waals surface area contributed by atoms with Crippen molar-refractivity contribution in [1.82, 2.24) is 4.98 Å². The van der Waals surface area contributed by atoms with Crippen LogP contribution in [0.2, 0.25) is 0 Å². The summed E-state index contributed by atoms with van der Waals surface area (Å²) in [6, 6.07) is 6.61. The molecule has 0 radical (unpaired) electrons. The average Bonchev–Trinajstić information content (AvgIpc) is 2.40. The topological polar surface area (TPSA) is 59.1 Å². The van der Waals surface area contributed by atoms with Crippen LogP contribution in [0.1, 0.15) is 11.3 Å². The minimum Gasteiger partial charge on any atom is -0.278 e. The van der Waals surface area contributed by atoms with Gasteiger partial charge in [0.15, 0.2) is 0 Å². The summed E-state index contributed by atoms with van der Waals surface area (Å²) >= 11 is 0. The van der Waals surface area contributed by atoms with Crippen LogP contribution >= 0.6 is 0 Å². The summed E-state index contributed by atoms with van der Waals surface area (Å²) in [7, 11) is -4.10. The predicted octanol–water partition coefficient (Wildman–Crippen LogP) is 3.21. The van der Waals surface area contributed by atoms with Crippen molar-refractivity contribution in [3.05, 3.63) is 53.9 Å². The Kier molecular flexibility index (Phi) is 3.91. The molecule has 0 fully saturated rings. The van der Waals surface area contributed by atoms with Gasteiger partial charge in [0, 0.05) is 5.69 Å². The lowest BCUT2D eigenvalue weighted by atomic mass is 10.2. The number of aromatic nitrogens is 1. The maximum absolute atomic E-state index is 12.6. The first kappa shape index (κ1) is 15.3. The lowest BCUT2D eigenvalue weighted by Crippen LogP contribution is -2.14. The number of rotatable bonds is 3. The van der Waals surface area contributed by atoms with Crippen LogP contribution in [0.25, 0.3) is 0 Å². The molecule has 0 atom stereocenters. The number of pyridine rings is 1. The number of aryl methyl sites for hydroxylation is 1. The molecule has 0 unspecified atom stereocenters. The van der Waals surface area contributed by atoms with Crippen LogP contribution in [0.15, 0.2) is 47.5 Å². The Labute approximate surface area is 119 Å². The number of benzene rings is 1. The lowest BCUT2D eigenvalue weighted by Gasteiger charge is -2.11. The van der Waals surface area contributed by atoms with Crippen molar-refractivity contribution in [2.45, 2.75) is 18.0 Å². The number of hydrogen-bond donors (Lipinski definition) is 1. The highest BCUT2D eigenvalue weighted by Crippen LogP contribution is 2.30. The molecular formula is C13H11F3N2O2S. The minimum absolute atomic E-state index is 0.179. The van der Waals surface area contributed by atoms with Gasteiger partial charge in [0.2, 0.25) is 0 Å². The van der Waals surface area contributed by atoms with Crippen LogP contribution in [0.4, 0.5) is 18.9 Å². The number of alkyl halides is 3. The lowest BCUT2D eigenvalue weighted by molar-refractivity contribution is -0.137. The summed E-state index contributed by atoms with van der Waals surface area (Å²) in [5.74, 6) is 0. The number of sulfonamides is 1. The second kappa shape index (κ2) is 5.36. The van der Waals surface area contributed by atoms with Crippen LogP contribution in [-0.4, -0.2) is 13.4 Å². The first-order valence-corrected chi connectivity index (χ1v) is 7.29. The number of halogens is 3. The first-order chi connectivity index (χ1) is 9.68. The summed E-state index contributed by atoms with van der Waals surface area (Å²) in [4.78, 5) is 3.45. The van der Waals surface area contributed by atoms with Gasteiger partial charge in [-0.3, -0.25) is 9.71 Å². The van der Waals surface area contributed by atoms with Crippen molar-refractivity contribution in [1.29, 1.82) is 0 Å². The van der Waals surface area contributed by atoms with Gasteiger partial charge in [0.05, 0.1) is 22.3 Å². The Hall–Kier alpha value is -2.09. The molecule has 0 saturated carbocycles. The summed E-state index contributed by atoms with van der Waals surface area (Å²) < 4.78 is 64.1. The third kappa shape index (κ3) is 3.72. The van der Waals surface area contributed by atoms with Crippen molar-refractivity contribution in [3.63, 3.8) is 0 Å². The molecule has 1 aromatic heterocycles. The zero-order chi connectivity index (χ0) is 15.7. The molecule has 2 aromatic rings. The van der Waals surface area contributed by atoms with Crippen molar-refractivity contribution in [2.24, 2.45) is 0 Å². The Morgan fingerprint density at radius 1 is 1.14 bits per heavy atom. The molecule has 0 aliphatic rings. The fourth-order valence-electron chi connectivity index (χ4n) is 1.58. The van der Waals surface area contributed by atoms with E-state index >= 15 is 0 Å². The van der Waals surface area contributed by atoms with E-state index in [1.54, 1.807) is 13.0 Å². The van der Waals surface area contributed by atoms with Crippen LogP contribution in [0.5, 0.6) is 0 Å². The maximum atomic E-state index is 12.6. The van der Waals surface area contributed by atoms with Gasteiger partial charge < -0.3 is 0 Å².